The first-order chi connectivity index (χ1) is 16.0. The summed E-state index contributed by atoms with van der Waals surface area (Å²) < 4.78 is 5.62. The summed E-state index contributed by atoms with van der Waals surface area (Å²) in [7, 11) is 0. The minimum absolute atomic E-state index is 0.115. The Morgan fingerprint density at radius 3 is 2.61 bits per heavy atom. The number of carbonyl (C=O) groups excluding carboxylic acids is 1. The Hall–Kier alpha value is -3.15. The van der Waals surface area contributed by atoms with Crippen molar-refractivity contribution in [2.24, 2.45) is 0 Å². The van der Waals surface area contributed by atoms with Gasteiger partial charge in [-0.25, -0.2) is 4.98 Å². The van der Waals surface area contributed by atoms with Crippen molar-refractivity contribution in [2.75, 3.05) is 13.2 Å². The maximum absolute atomic E-state index is 13.3. The molecule has 0 N–H and O–H groups in total. The predicted octanol–water partition coefficient (Wildman–Crippen LogP) is 6.22. The average Bonchev–Trinajstić information content (AvgIpc) is 2.83. The van der Waals surface area contributed by atoms with Gasteiger partial charge in [-0.3, -0.25) is 9.78 Å². The van der Waals surface area contributed by atoms with Gasteiger partial charge in [0.05, 0.1) is 17.7 Å². The Morgan fingerprint density at radius 2 is 1.88 bits per heavy atom. The van der Waals surface area contributed by atoms with Gasteiger partial charge in [0.15, 0.2) is 0 Å². The van der Waals surface area contributed by atoms with E-state index in [4.69, 9.17) is 27.9 Å². The van der Waals surface area contributed by atoms with Crippen LogP contribution >= 0.6 is 23.2 Å². The molecule has 2 aromatic carbocycles. The number of rotatable bonds is 8. The number of pyridine rings is 2. The summed E-state index contributed by atoms with van der Waals surface area (Å²) in [5.41, 5.74) is 3.16. The van der Waals surface area contributed by atoms with Crippen LogP contribution in [0.2, 0.25) is 10.2 Å². The van der Waals surface area contributed by atoms with Crippen LogP contribution in [0.5, 0.6) is 5.75 Å². The number of hydrogen-bond acceptors (Lipinski definition) is 4. The minimum Gasteiger partial charge on any atom is -0.494 e. The number of hydrogen-bond donors (Lipinski definition) is 0. The topological polar surface area (TPSA) is 55.3 Å². The van der Waals surface area contributed by atoms with Crippen molar-refractivity contribution in [2.45, 2.75) is 19.9 Å². The minimum atomic E-state index is -0.115. The SMILES string of the molecule is CCOc1ccc2nc(Cl)c(CN(CCc3ccc(Cl)cc3)C(=O)c3cccnc3)cc2c1. The van der Waals surface area contributed by atoms with Crippen LogP contribution in [-0.2, 0) is 13.0 Å². The van der Waals surface area contributed by atoms with Gasteiger partial charge in [0, 0.05) is 41.5 Å². The van der Waals surface area contributed by atoms with E-state index >= 15 is 0 Å². The summed E-state index contributed by atoms with van der Waals surface area (Å²) in [6.45, 7) is 3.35. The molecule has 0 unspecified atom stereocenters. The van der Waals surface area contributed by atoms with Crippen molar-refractivity contribution in [3.05, 3.63) is 99.9 Å². The molecule has 1 amide bonds. The Bertz CT molecular complexity index is 1250. The Kier molecular flexibility index (Phi) is 7.43. The van der Waals surface area contributed by atoms with Gasteiger partial charge in [0.25, 0.3) is 5.91 Å². The molecule has 0 aliphatic rings. The number of carbonyl (C=O) groups is 1. The molecule has 2 heterocycles. The number of fused-ring (bicyclic) bond motifs is 1. The molecule has 0 aliphatic carbocycles. The molecule has 7 heteroatoms. The van der Waals surface area contributed by atoms with E-state index in [1.54, 1.807) is 29.4 Å². The molecule has 0 bridgehead atoms. The summed E-state index contributed by atoms with van der Waals surface area (Å²) in [4.78, 5) is 23.7. The van der Waals surface area contributed by atoms with E-state index in [0.29, 0.717) is 41.9 Å². The second-order valence-electron chi connectivity index (χ2n) is 7.57. The van der Waals surface area contributed by atoms with E-state index in [1.807, 2.05) is 55.5 Å². The number of aromatic nitrogens is 2. The molecular formula is C26H23Cl2N3O2. The third-order valence-corrected chi connectivity index (χ3v) is 5.84. The molecule has 0 atom stereocenters. The smallest absolute Gasteiger partial charge is 0.255 e. The van der Waals surface area contributed by atoms with E-state index in [9.17, 15) is 4.79 Å². The Balaban J connectivity index is 1.63. The van der Waals surface area contributed by atoms with Crippen molar-refractivity contribution in [1.82, 2.24) is 14.9 Å². The van der Waals surface area contributed by atoms with Crippen LogP contribution in [0, 0.1) is 0 Å². The van der Waals surface area contributed by atoms with Gasteiger partial charge in [0.2, 0.25) is 0 Å². The molecule has 0 spiro atoms. The third-order valence-electron chi connectivity index (χ3n) is 5.26. The van der Waals surface area contributed by atoms with Crippen LogP contribution in [0.15, 0.2) is 73.1 Å². The van der Waals surface area contributed by atoms with E-state index in [1.165, 1.54) is 0 Å². The van der Waals surface area contributed by atoms with Crippen LogP contribution in [-0.4, -0.2) is 33.9 Å². The predicted molar refractivity (Wildman–Crippen MR) is 132 cm³/mol. The van der Waals surface area contributed by atoms with E-state index in [2.05, 4.69) is 9.97 Å². The molecule has 0 aliphatic heterocycles. The fourth-order valence-electron chi connectivity index (χ4n) is 3.59. The summed E-state index contributed by atoms with van der Waals surface area (Å²) in [5, 5.41) is 1.97. The van der Waals surface area contributed by atoms with Crippen LogP contribution in [0.1, 0.15) is 28.4 Å². The summed E-state index contributed by atoms with van der Waals surface area (Å²) in [5.74, 6) is 0.655. The zero-order valence-electron chi connectivity index (χ0n) is 18.2. The molecule has 0 radical (unpaired) electrons. The average molecular weight is 480 g/mol. The summed E-state index contributed by atoms with van der Waals surface area (Å²) in [6, 6.07) is 18.8. The van der Waals surface area contributed by atoms with Crippen molar-refractivity contribution < 1.29 is 9.53 Å². The fourth-order valence-corrected chi connectivity index (χ4v) is 3.92. The molecule has 4 aromatic rings. The van der Waals surface area contributed by atoms with Gasteiger partial charge in [0.1, 0.15) is 10.9 Å². The van der Waals surface area contributed by atoms with Gasteiger partial charge in [-0.05, 0) is 67.4 Å². The third kappa shape index (κ3) is 5.81. The lowest BCUT2D eigenvalue weighted by Gasteiger charge is -2.23. The van der Waals surface area contributed by atoms with Gasteiger partial charge < -0.3 is 9.64 Å². The van der Waals surface area contributed by atoms with Gasteiger partial charge in [-0.2, -0.15) is 0 Å². The number of amides is 1. The maximum atomic E-state index is 13.3. The van der Waals surface area contributed by atoms with Gasteiger partial charge in [-0.1, -0.05) is 35.3 Å². The highest BCUT2D eigenvalue weighted by Crippen LogP contribution is 2.26. The fraction of sp³-hybridized carbons (Fsp3) is 0.192. The lowest BCUT2D eigenvalue weighted by atomic mass is 10.1. The standard InChI is InChI=1S/C26H23Cl2N3O2/c1-2-33-23-9-10-24-20(15-23)14-21(25(28)30-24)17-31(26(32)19-4-3-12-29-16-19)13-11-18-5-7-22(27)8-6-18/h3-10,12,14-16H,2,11,13,17H2,1H3. The first-order valence-electron chi connectivity index (χ1n) is 10.7. The lowest BCUT2D eigenvalue weighted by Crippen LogP contribution is -2.32. The highest BCUT2D eigenvalue weighted by atomic mass is 35.5. The zero-order chi connectivity index (χ0) is 23.2. The zero-order valence-corrected chi connectivity index (χ0v) is 19.7. The first-order valence-corrected chi connectivity index (χ1v) is 11.4. The number of benzene rings is 2. The van der Waals surface area contributed by atoms with E-state index < -0.39 is 0 Å². The molecule has 2 aromatic heterocycles. The first kappa shape index (κ1) is 23.0. The summed E-state index contributed by atoms with van der Waals surface area (Å²) in [6.07, 6.45) is 3.90. The second-order valence-corrected chi connectivity index (χ2v) is 8.37. The largest absolute Gasteiger partial charge is 0.494 e. The van der Waals surface area contributed by atoms with Crippen LogP contribution in [0.3, 0.4) is 0 Å². The lowest BCUT2D eigenvalue weighted by molar-refractivity contribution is 0.0744. The molecule has 33 heavy (non-hydrogen) atoms. The number of halogens is 2. The van der Waals surface area contributed by atoms with Crippen LogP contribution in [0.25, 0.3) is 10.9 Å². The second kappa shape index (κ2) is 10.6. The monoisotopic (exact) mass is 479 g/mol. The quantitative estimate of drug-likeness (QED) is 0.281. The van der Waals surface area contributed by atoms with Gasteiger partial charge in [-0.15, -0.1) is 0 Å². The van der Waals surface area contributed by atoms with Crippen molar-refractivity contribution in [1.29, 1.82) is 0 Å². The number of nitrogens with zero attached hydrogens (tertiary/aromatic N) is 3. The highest BCUT2D eigenvalue weighted by molar-refractivity contribution is 6.30. The van der Waals surface area contributed by atoms with Crippen molar-refractivity contribution in [3.63, 3.8) is 0 Å². The number of ether oxygens (including phenoxy) is 1. The molecule has 0 saturated heterocycles. The van der Waals surface area contributed by atoms with Crippen LogP contribution < -0.4 is 4.74 Å². The highest BCUT2D eigenvalue weighted by Gasteiger charge is 2.19. The van der Waals surface area contributed by atoms with Gasteiger partial charge >= 0.3 is 0 Å². The molecule has 4 rings (SSSR count). The Morgan fingerprint density at radius 1 is 1.06 bits per heavy atom. The molecular weight excluding hydrogens is 457 g/mol. The molecule has 5 nitrogen and oxygen atoms in total. The normalized spacial score (nSPS) is 10.9. The molecule has 0 saturated carbocycles. The van der Waals surface area contributed by atoms with E-state index in [-0.39, 0.29) is 5.91 Å². The van der Waals surface area contributed by atoms with E-state index in [0.717, 1.165) is 27.8 Å². The molecule has 168 valence electrons. The van der Waals surface area contributed by atoms with Crippen molar-refractivity contribution >= 4 is 40.0 Å². The summed E-state index contributed by atoms with van der Waals surface area (Å²) >= 11 is 12.5. The van der Waals surface area contributed by atoms with Crippen LogP contribution in [0.4, 0.5) is 0 Å². The Labute approximate surface area is 202 Å². The molecule has 0 fully saturated rings. The van der Waals surface area contributed by atoms with Crippen molar-refractivity contribution in [3.8, 4) is 5.75 Å². The maximum Gasteiger partial charge on any atom is 0.255 e.